The molecule has 4 heterocycles. The normalized spacial score (nSPS) is 11.8. The second-order valence-corrected chi connectivity index (χ2v) is 22.2. The summed E-state index contributed by atoms with van der Waals surface area (Å²) in [6, 6.07) is 81.0. The molecule has 0 radical (unpaired) electrons. The molecule has 0 amide bonds. The Balaban J connectivity index is 0.000000159. The predicted octanol–water partition coefficient (Wildman–Crippen LogP) is 18.8. The largest absolute Gasteiger partial charge is 0.213 e. The lowest BCUT2D eigenvalue weighted by atomic mass is 9.97. The minimum Gasteiger partial charge on any atom is -0.201 e. The van der Waals surface area contributed by atoms with E-state index in [1.54, 1.807) is 36.0 Å². The van der Waals surface area contributed by atoms with Crippen molar-refractivity contribution in [3.05, 3.63) is 311 Å². The van der Waals surface area contributed by atoms with E-state index in [-0.39, 0.29) is 13.0 Å². The van der Waals surface area contributed by atoms with Gasteiger partial charge in [0.05, 0.1) is 0 Å². The first kappa shape index (κ1) is 54.3. The number of nitrogens with zero attached hydrogens (tertiary/aromatic N) is 4. The minimum atomic E-state index is -2.25. The van der Waals surface area contributed by atoms with Gasteiger partial charge in [-0.25, -0.2) is 18.3 Å². The third-order valence-corrected chi connectivity index (χ3v) is 15.8. The molecule has 12 rings (SSSR count). The van der Waals surface area contributed by atoms with Crippen LogP contribution in [0.15, 0.2) is 261 Å². The van der Waals surface area contributed by atoms with Gasteiger partial charge in [-0.15, -0.1) is 0 Å². The molecule has 0 aliphatic carbocycles. The lowest BCUT2D eigenvalue weighted by Gasteiger charge is -2.10. The zero-order valence-corrected chi connectivity index (χ0v) is 51.1. The fourth-order valence-electron chi connectivity index (χ4n) is 11.0. The topological polar surface area (TPSA) is 15.5 Å². The van der Waals surface area contributed by atoms with Crippen LogP contribution in [0.1, 0.15) is 65.7 Å². The summed E-state index contributed by atoms with van der Waals surface area (Å²) in [4.78, 5) is 0. The molecule has 0 unspecified atom stereocenters. The fourth-order valence-corrected chi connectivity index (χ4v) is 11.0. The van der Waals surface area contributed by atoms with Crippen LogP contribution in [0.2, 0.25) is 0 Å². The van der Waals surface area contributed by atoms with Crippen LogP contribution in [-0.2, 0) is 28.2 Å². The molecule has 12 aromatic rings. The maximum atomic E-state index is 7.93. The number of aryl methyl sites for hydroxylation is 13. The second-order valence-electron chi connectivity index (χ2n) is 22.2. The summed E-state index contributed by atoms with van der Waals surface area (Å²) >= 11 is 0. The predicted molar refractivity (Wildman–Crippen MR) is 363 cm³/mol. The first-order valence-electron chi connectivity index (χ1n) is 32.0. The van der Waals surface area contributed by atoms with Crippen molar-refractivity contribution in [2.45, 2.75) is 69.6 Å². The van der Waals surface area contributed by atoms with Crippen LogP contribution in [0.4, 0.5) is 0 Å². The van der Waals surface area contributed by atoms with Crippen LogP contribution >= 0.6 is 0 Å². The summed E-state index contributed by atoms with van der Waals surface area (Å²) in [5, 5.41) is 0. The number of aromatic nitrogens is 4. The SMILES string of the molecule is C.Cc1cc(-c2ccc(-c3ccccc3)cc2C)[n+](C)cc1C.Cc1cc(-c2ccccc2)ccc1-c1cccc[n+]1C.Cc1ccc(-c2ccc(-c3ccccc3)cc2C)[n+](C)c1.[2H]C([2H])([2H])c1ccc(-c2cc(-c3ccccc3)c(C([2H])([2H])[2H])c[n+]2C)c(C)c1. The van der Waals surface area contributed by atoms with Crippen molar-refractivity contribution >= 4 is 0 Å². The number of rotatable bonds is 8. The molecule has 0 bridgehead atoms. The zero-order valence-electron chi connectivity index (χ0n) is 57.1. The Morgan fingerprint density at radius 3 is 1.06 bits per heavy atom. The molecule has 0 fully saturated rings. The Kier molecular flexibility index (Phi) is 18.2. The molecule has 0 aliphatic rings. The van der Waals surface area contributed by atoms with Gasteiger partial charge in [0.25, 0.3) is 0 Å². The van der Waals surface area contributed by atoms with Crippen LogP contribution in [0.3, 0.4) is 0 Å². The van der Waals surface area contributed by atoms with Gasteiger partial charge in [-0.3, -0.25) is 0 Å². The standard InChI is InChI=1S/2C21H22N.C20H20N.C19H18N.CH4/c1-15-13-21(22(4)14-17(15)3)20-11-10-19(12-16(20)2)18-8-6-5-7-9-18;1-15-10-11-19(16(2)12-15)21-13-20(17(3)14-22(21)4)18-8-6-5-7-9-18;1-15-9-12-20(21(3)14-15)19-11-10-18(13-16(19)2)17-7-5-4-6-8-17;1-15-14-17(16-8-4-3-5-9-16)11-12-18(15)19-10-6-7-13-20(19)2;/h2*5-14H,1-4H3;4-14H,1-3H3;3-14H,1-2H3;1H4/q4*+1;/i;1D3,3D3;;;. The van der Waals surface area contributed by atoms with E-state index in [0.717, 1.165) is 22.4 Å². The molecule has 4 aromatic heterocycles. The molecule has 0 spiro atoms. The van der Waals surface area contributed by atoms with Crippen LogP contribution < -0.4 is 18.3 Å². The number of hydrogen-bond acceptors (Lipinski definition) is 0. The van der Waals surface area contributed by atoms with E-state index in [4.69, 9.17) is 8.22 Å². The Morgan fingerprint density at radius 2 is 0.628 bits per heavy atom. The Morgan fingerprint density at radius 1 is 0.244 bits per heavy atom. The van der Waals surface area contributed by atoms with Gasteiger partial charge in [-0.05, 0) is 171 Å². The highest BCUT2D eigenvalue weighted by molar-refractivity contribution is 5.75. The highest BCUT2D eigenvalue weighted by atomic mass is 14.9. The van der Waals surface area contributed by atoms with Crippen LogP contribution in [0, 0.1) is 62.2 Å². The molecule has 4 nitrogen and oxygen atoms in total. The van der Waals surface area contributed by atoms with Gasteiger partial charge in [-0.2, -0.15) is 0 Å². The van der Waals surface area contributed by atoms with E-state index in [2.05, 4.69) is 277 Å². The summed E-state index contributed by atoms with van der Waals surface area (Å²) in [5.74, 6) is 0. The maximum Gasteiger partial charge on any atom is 0.213 e. The summed E-state index contributed by atoms with van der Waals surface area (Å²) in [6.45, 7) is 10.5. The summed E-state index contributed by atoms with van der Waals surface area (Å²) in [6.07, 6.45) is 8.09. The highest BCUT2D eigenvalue weighted by Crippen LogP contribution is 2.32. The Bertz CT molecular complexity index is 4480. The van der Waals surface area contributed by atoms with Crippen molar-refractivity contribution in [1.29, 1.82) is 0 Å². The van der Waals surface area contributed by atoms with Crippen LogP contribution in [0.25, 0.3) is 89.5 Å². The van der Waals surface area contributed by atoms with Gasteiger partial charge in [0.1, 0.15) is 28.2 Å². The van der Waals surface area contributed by atoms with Gasteiger partial charge < -0.3 is 0 Å². The molecule has 0 saturated heterocycles. The van der Waals surface area contributed by atoms with Crippen LogP contribution in [0.5, 0.6) is 0 Å². The Labute approximate surface area is 522 Å². The van der Waals surface area contributed by atoms with Crippen molar-refractivity contribution < 1.29 is 26.5 Å². The molecule has 4 heteroatoms. The first-order chi connectivity index (χ1) is 43.4. The van der Waals surface area contributed by atoms with E-state index in [1.807, 2.05) is 43.3 Å². The summed E-state index contributed by atoms with van der Waals surface area (Å²) in [5.41, 5.74) is 27.6. The molecule has 0 atom stereocenters. The lowest BCUT2D eigenvalue weighted by Crippen LogP contribution is -2.31. The van der Waals surface area contributed by atoms with Crippen molar-refractivity contribution in [3.63, 3.8) is 0 Å². The van der Waals surface area contributed by atoms with E-state index in [1.165, 1.54) is 101 Å². The molecule has 430 valence electrons. The van der Waals surface area contributed by atoms with E-state index in [0.29, 0.717) is 11.1 Å². The van der Waals surface area contributed by atoms with Gasteiger partial charge >= 0.3 is 0 Å². The molecule has 8 aromatic carbocycles. The van der Waals surface area contributed by atoms with Gasteiger partial charge in [0, 0.05) is 77.5 Å². The molecule has 0 N–H and O–H groups in total. The highest BCUT2D eigenvalue weighted by Gasteiger charge is 2.19. The minimum absolute atomic E-state index is 0. The van der Waals surface area contributed by atoms with Crippen molar-refractivity contribution in [3.8, 4) is 89.5 Å². The average Bonchev–Trinajstić information content (AvgIpc) is 0.813. The van der Waals surface area contributed by atoms with Gasteiger partial charge in [-0.1, -0.05) is 183 Å². The Hall–Kier alpha value is -9.64. The lowest BCUT2D eigenvalue weighted by molar-refractivity contribution is -0.660. The average molecular weight is 1130 g/mol. The van der Waals surface area contributed by atoms with Crippen molar-refractivity contribution in [2.24, 2.45) is 28.2 Å². The number of pyridine rings is 4. The van der Waals surface area contributed by atoms with Gasteiger partial charge in [0.2, 0.25) is 22.8 Å². The fraction of sp³-hybridized carbons (Fsp3) is 0.171. The number of hydrogen-bond donors (Lipinski definition) is 0. The third kappa shape index (κ3) is 15.2. The second kappa shape index (κ2) is 28.8. The molecule has 0 aliphatic heterocycles. The molecular weight excluding hydrogens is 1040 g/mol. The summed E-state index contributed by atoms with van der Waals surface area (Å²) < 4.78 is 54.9. The van der Waals surface area contributed by atoms with E-state index < -0.39 is 13.7 Å². The van der Waals surface area contributed by atoms with Crippen molar-refractivity contribution in [2.75, 3.05) is 0 Å². The quantitative estimate of drug-likeness (QED) is 0.135. The van der Waals surface area contributed by atoms with Gasteiger partial charge in [0.15, 0.2) is 24.8 Å². The molecular formula is C82H86N4+4. The van der Waals surface area contributed by atoms with E-state index >= 15 is 0 Å². The molecule has 86 heavy (non-hydrogen) atoms. The first-order valence-corrected chi connectivity index (χ1v) is 29.0. The molecule has 0 saturated carbocycles. The van der Waals surface area contributed by atoms with E-state index in [9.17, 15) is 0 Å². The zero-order chi connectivity index (χ0) is 65.1. The van der Waals surface area contributed by atoms with Crippen molar-refractivity contribution in [1.82, 2.24) is 0 Å². The third-order valence-electron chi connectivity index (χ3n) is 15.8. The smallest absolute Gasteiger partial charge is 0.201 e. The monoisotopic (exact) mass is 1130 g/mol. The maximum absolute atomic E-state index is 7.93. The number of benzene rings is 8. The summed E-state index contributed by atoms with van der Waals surface area (Å²) in [7, 11) is 8.11. The van der Waals surface area contributed by atoms with Crippen LogP contribution in [-0.4, -0.2) is 0 Å².